The first-order valence-corrected chi connectivity index (χ1v) is 11.5. The fourth-order valence-corrected chi connectivity index (χ4v) is 4.11. The Balaban J connectivity index is 1.92. The zero-order valence-electron chi connectivity index (χ0n) is 17.0. The van der Waals surface area contributed by atoms with Crippen LogP contribution in [0.3, 0.4) is 0 Å². The Morgan fingerprint density at radius 2 is 1.74 bits per heavy atom. The molecule has 2 rings (SSSR count). The second kappa shape index (κ2) is 9.06. The molecule has 27 heavy (non-hydrogen) atoms. The van der Waals surface area contributed by atoms with E-state index >= 15 is 0 Å². The normalized spacial score (nSPS) is 15.7. The van der Waals surface area contributed by atoms with Gasteiger partial charge in [0.1, 0.15) is 6.54 Å². The Morgan fingerprint density at radius 1 is 1.15 bits per heavy atom. The number of sulfonamides is 1. The van der Waals surface area contributed by atoms with Crippen LogP contribution in [0, 0.1) is 0 Å². The van der Waals surface area contributed by atoms with Gasteiger partial charge in [-0.1, -0.05) is 32.9 Å². The van der Waals surface area contributed by atoms with Crippen LogP contribution in [-0.4, -0.2) is 58.2 Å². The molecule has 1 aliphatic rings. The first kappa shape index (κ1) is 21.7. The lowest BCUT2D eigenvalue weighted by Crippen LogP contribution is -2.41. The summed E-state index contributed by atoms with van der Waals surface area (Å²) in [5.41, 5.74) is 1.62. The summed E-state index contributed by atoms with van der Waals surface area (Å²) < 4.78 is 25.5. The van der Waals surface area contributed by atoms with Crippen LogP contribution in [0.5, 0.6) is 0 Å². The molecule has 0 atom stereocenters. The lowest BCUT2D eigenvalue weighted by Gasteiger charge is -2.24. The van der Waals surface area contributed by atoms with Crippen molar-refractivity contribution in [3.05, 3.63) is 29.8 Å². The summed E-state index contributed by atoms with van der Waals surface area (Å²) in [6, 6.07) is 7.37. The van der Waals surface area contributed by atoms with Crippen LogP contribution in [-0.2, 0) is 20.2 Å². The van der Waals surface area contributed by atoms with Crippen molar-refractivity contribution in [2.24, 2.45) is 0 Å². The van der Waals surface area contributed by atoms with E-state index in [1.165, 1.54) is 12.8 Å². The number of amides is 1. The van der Waals surface area contributed by atoms with Crippen molar-refractivity contribution >= 4 is 21.6 Å². The number of nitrogens with zero attached hydrogens (tertiary/aromatic N) is 2. The molecule has 152 valence electrons. The number of hydrogen-bond acceptors (Lipinski definition) is 4. The van der Waals surface area contributed by atoms with Gasteiger partial charge in [0, 0.05) is 6.54 Å². The van der Waals surface area contributed by atoms with Crippen LogP contribution >= 0.6 is 0 Å². The predicted octanol–water partition coefficient (Wildman–Crippen LogP) is 2.35. The SMILES string of the molecule is CC(C)(C)c1ccc(N(CC(=O)NCCCN2CCCC2)S(C)(=O)=O)cc1. The molecule has 1 N–H and O–H groups in total. The minimum Gasteiger partial charge on any atom is -0.354 e. The Labute approximate surface area is 164 Å². The summed E-state index contributed by atoms with van der Waals surface area (Å²) in [6.45, 7) is 9.93. The molecule has 0 aliphatic carbocycles. The van der Waals surface area contributed by atoms with E-state index in [0.29, 0.717) is 12.2 Å². The Hall–Kier alpha value is -1.60. The second-order valence-electron chi connectivity index (χ2n) is 8.32. The van der Waals surface area contributed by atoms with E-state index < -0.39 is 10.0 Å². The molecule has 1 saturated heterocycles. The van der Waals surface area contributed by atoms with Gasteiger partial charge in [-0.2, -0.15) is 0 Å². The molecule has 6 nitrogen and oxygen atoms in total. The molecule has 0 spiro atoms. The molecular weight excluding hydrogens is 362 g/mol. The Bertz CT molecular complexity index is 718. The molecule has 0 aromatic heterocycles. The summed E-state index contributed by atoms with van der Waals surface area (Å²) >= 11 is 0. The van der Waals surface area contributed by atoms with Crippen LogP contribution in [0.4, 0.5) is 5.69 Å². The van der Waals surface area contributed by atoms with Crippen molar-refractivity contribution < 1.29 is 13.2 Å². The van der Waals surface area contributed by atoms with E-state index in [9.17, 15) is 13.2 Å². The van der Waals surface area contributed by atoms with Gasteiger partial charge >= 0.3 is 0 Å². The van der Waals surface area contributed by atoms with Crippen molar-refractivity contribution in [2.45, 2.75) is 45.4 Å². The third-order valence-electron chi connectivity index (χ3n) is 4.88. The van der Waals surface area contributed by atoms with E-state index in [1.807, 2.05) is 12.1 Å². The van der Waals surface area contributed by atoms with Gasteiger partial charge < -0.3 is 10.2 Å². The molecule has 1 fully saturated rings. The van der Waals surface area contributed by atoms with Crippen LogP contribution in [0.2, 0.25) is 0 Å². The maximum atomic E-state index is 12.3. The molecule has 1 aliphatic heterocycles. The molecule has 0 radical (unpaired) electrons. The number of carbonyl (C=O) groups is 1. The summed E-state index contributed by atoms with van der Waals surface area (Å²) in [6.07, 6.45) is 4.52. The largest absolute Gasteiger partial charge is 0.354 e. The van der Waals surface area contributed by atoms with E-state index in [1.54, 1.807) is 12.1 Å². The van der Waals surface area contributed by atoms with Crippen molar-refractivity contribution in [1.82, 2.24) is 10.2 Å². The molecule has 0 saturated carbocycles. The van der Waals surface area contributed by atoms with Crippen LogP contribution in [0.25, 0.3) is 0 Å². The first-order chi connectivity index (χ1) is 12.6. The van der Waals surface area contributed by atoms with E-state index in [0.717, 1.165) is 42.2 Å². The molecule has 0 bridgehead atoms. The zero-order valence-corrected chi connectivity index (χ0v) is 17.8. The van der Waals surface area contributed by atoms with E-state index in [2.05, 4.69) is 31.0 Å². The highest BCUT2D eigenvalue weighted by atomic mass is 32.2. The summed E-state index contributed by atoms with van der Waals surface area (Å²) in [5.74, 6) is -0.276. The first-order valence-electron chi connectivity index (χ1n) is 9.65. The molecule has 1 aromatic carbocycles. The summed E-state index contributed by atoms with van der Waals surface area (Å²) in [7, 11) is -3.54. The fourth-order valence-electron chi connectivity index (χ4n) is 3.25. The monoisotopic (exact) mass is 395 g/mol. The molecule has 1 amide bonds. The van der Waals surface area contributed by atoms with Gasteiger partial charge in [0.15, 0.2) is 0 Å². The van der Waals surface area contributed by atoms with E-state index in [-0.39, 0.29) is 17.9 Å². The smallest absolute Gasteiger partial charge is 0.240 e. The quantitative estimate of drug-likeness (QED) is 0.686. The number of nitrogens with one attached hydrogen (secondary N) is 1. The lowest BCUT2D eigenvalue weighted by atomic mass is 9.87. The molecule has 0 unspecified atom stereocenters. The number of rotatable bonds is 8. The third-order valence-corrected chi connectivity index (χ3v) is 6.02. The van der Waals surface area contributed by atoms with Crippen molar-refractivity contribution in [3.8, 4) is 0 Å². The Morgan fingerprint density at radius 3 is 2.26 bits per heavy atom. The molecule has 1 heterocycles. The van der Waals surface area contributed by atoms with Crippen LogP contribution < -0.4 is 9.62 Å². The highest BCUT2D eigenvalue weighted by Gasteiger charge is 2.22. The van der Waals surface area contributed by atoms with Gasteiger partial charge in [0.2, 0.25) is 15.9 Å². The highest BCUT2D eigenvalue weighted by Crippen LogP contribution is 2.25. The van der Waals surface area contributed by atoms with Gasteiger partial charge in [0.25, 0.3) is 0 Å². The van der Waals surface area contributed by atoms with Gasteiger partial charge in [0.05, 0.1) is 11.9 Å². The third kappa shape index (κ3) is 6.81. The topological polar surface area (TPSA) is 69.7 Å². The number of anilines is 1. The second-order valence-corrected chi connectivity index (χ2v) is 10.2. The van der Waals surface area contributed by atoms with Crippen molar-refractivity contribution in [3.63, 3.8) is 0 Å². The summed E-state index contributed by atoms with van der Waals surface area (Å²) in [4.78, 5) is 14.7. The maximum Gasteiger partial charge on any atom is 0.240 e. The average molecular weight is 396 g/mol. The molecular formula is C20H33N3O3S. The summed E-state index contributed by atoms with van der Waals surface area (Å²) in [5, 5.41) is 2.84. The van der Waals surface area contributed by atoms with Gasteiger partial charge in [-0.25, -0.2) is 8.42 Å². The van der Waals surface area contributed by atoms with Crippen molar-refractivity contribution in [1.29, 1.82) is 0 Å². The van der Waals surface area contributed by atoms with Gasteiger partial charge in [-0.3, -0.25) is 9.10 Å². The standard InChI is InChI=1S/C20H33N3O3S/c1-20(2,3)17-8-10-18(11-9-17)23(27(4,25)26)16-19(24)21-12-7-15-22-13-5-6-14-22/h8-11H,5-7,12-16H2,1-4H3,(H,21,24). The van der Waals surface area contributed by atoms with Crippen molar-refractivity contribution in [2.75, 3.05) is 43.3 Å². The molecule has 1 aromatic rings. The van der Waals surface area contributed by atoms with Gasteiger partial charge in [-0.15, -0.1) is 0 Å². The maximum absolute atomic E-state index is 12.3. The predicted molar refractivity (Wildman–Crippen MR) is 111 cm³/mol. The number of hydrogen-bond donors (Lipinski definition) is 1. The average Bonchev–Trinajstić information content (AvgIpc) is 3.08. The minimum absolute atomic E-state index is 0.0127. The van der Waals surface area contributed by atoms with Gasteiger partial charge in [-0.05, 0) is 62.0 Å². The zero-order chi connectivity index (χ0) is 20.1. The van der Waals surface area contributed by atoms with Crippen LogP contribution in [0.1, 0.15) is 45.6 Å². The molecule has 7 heteroatoms. The number of benzene rings is 1. The fraction of sp³-hybridized carbons (Fsp3) is 0.650. The Kier molecular flexibility index (Phi) is 7.28. The van der Waals surface area contributed by atoms with Crippen LogP contribution in [0.15, 0.2) is 24.3 Å². The van der Waals surface area contributed by atoms with E-state index in [4.69, 9.17) is 0 Å². The number of likely N-dealkylation sites (tertiary alicyclic amines) is 1. The highest BCUT2D eigenvalue weighted by molar-refractivity contribution is 7.92. The number of carbonyl (C=O) groups excluding carboxylic acids is 1. The minimum atomic E-state index is -3.54. The lowest BCUT2D eigenvalue weighted by molar-refractivity contribution is -0.119.